The van der Waals surface area contributed by atoms with Gasteiger partial charge in [0.15, 0.2) is 5.96 Å². The molecular formula is C21H32IN5O. The third kappa shape index (κ3) is 7.53. The molecule has 0 fully saturated rings. The topological polar surface area (TPSA) is 61.8 Å². The number of ether oxygens (including phenoxy) is 1. The molecule has 2 aromatic rings. The van der Waals surface area contributed by atoms with Gasteiger partial charge in [0, 0.05) is 26.2 Å². The Labute approximate surface area is 185 Å². The fourth-order valence-corrected chi connectivity index (χ4v) is 2.58. The predicted molar refractivity (Wildman–Crippen MR) is 128 cm³/mol. The number of rotatable bonds is 8. The summed E-state index contributed by atoms with van der Waals surface area (Å²) in [6.07, 6.45) is 0. The Kier molecular flexibility index (Phi) is 10.7. The van der Waals surface area contributed by atoms with Gasteiger partial charge < -0.3 is 20.3 Å². The first-order valence-electron chi connectivity index (χ1n) is 9.41. The van der Waals surface area contributed by atoms with Gasteiger partial charge >= 0.3 is 0 Å². The summed E-state index contributed by atoms with van der Waals surface area (Å²) in [7, 11) is 3.98. The smallest absolute Gasteiger partial charge is 0.191 e. The molecule has 0 aliphatic heterocycles. The summed E-state index contributed by atoms with van der Waals surface area (Å²) >= 11 is 0. The lowest BCUT2D eigenvalue weighted by atomic mass is 10.1. The number of halogens is 1. The number of hydrogen-bond acceptors (Lipinski definition) is 4. The predicted octanol–water partition coefficient (Wildman–Crippen LogP) is 3.73. The standard InChI is InChI=1S/C21H31N5O.HI/c1-6-22-21(24-15-18-9-8-10-20(25-18)26(4)5)23-14-17-12-11-16(3)13-19(17)27-7-2;/h8-13H,6-7,14-15H2,1-5H3,(H2,22,23,24);1H. The number of benzene rings is 1. The lowest BCUT2D eigenvalue weighted by Crippen LogP contribution is -2.37. The van der Waals surface area contributed by atoms with Crippen molar-refractivity contribution in [2.75, 3.05) is 32.1 Å². The third-order valence-electron chi connectivity index (χ3n) is 3.96. The van der Waals surface area contributed by atoms with Crippen LogP contribution in [0.2, 0.25) is 0 Å². The van der Waals surface area contributed by atoms with E-state index < -0.39 is 0 Å². The van der Waals surface area contributed by atoms with E-state index in [0.29, 0.717) is 19.7 Å². The molecule has 1 heterocycles. The first-order chi connectivity index (χ1) is 13.0. The lowest BCUT2D eigenvalue weighted by molar-refractivity contribution is 0.336. The second-order valence-corrected chi connectivity index (χ2v) is 6.47. The van der Waals surface area contributed by atoms with Crippen LogP contribution in [0, 0.1) is 6.92 Å². The molecule has 2 rings (SSSR count). The molecule has 0 spiro atoms. The van der Waals surface area contributed by atoms with Crippen molar-refractivity contribution >= 4 is 35.8 Å². The molecule has 0 aliphatic rings. The van der Waals surface area contributed by atoms with E-state index >= 15 is 0 Å². The van der Waals surface area contributed by atoms with Gasteiger partial charge in [-0.15, -0.1) is 24.0 Å². The number of pyridine rings is 1. The van der Waals surface area contributed by atoms with Crippen LogP contribution in [0.4, 0.5) is 5.82 Å². The van der Waals surface area contributed by atoms with Crippen molar-refractivity contribution in [3.63, 3.8) is 0 Å². The lowest BCUT2D eigenvalue weighted by Gasteiger charge is -2.15. The first-order valence-corrected chi connectivity index (χ1v) is 9.41. The van der Waals surface area contributed by atoms with E-state index in [1.165, 1.54) is 5.56 Å². The summed E-state index contributed by atoms with van der Waals surface area (Å²) in [5, 5.41) is 6.64. The molecular weight excluding hydrogens is 465 g/mol. The van der Waals surface area contributed by atoms with Crippen molar-refractivity contribution in [3.05, 3.63) is 53.2 Å². The number of hydrogen-bond donors (Lipinski definition) is 2. The van der Waals surface area contributed by atoms with Crippen LogP contribution >= 0.6 is 24.0 Å². The number of nitrogens with zero attached hydrogens (tertiary/aromatic N) is 3. The van der Waals surface area contributed by atoms with Crippen molar-refractivity contribution in [1.29, 1.82) is 0 Å². The summed E-state index contributed by atoms with van der Waals surface area (Å²) < 4.78 is 5.75. The van der Waals surface area contributed by atoms with Gasteiger partial charge in [0.25, 0.3) is 0 Å². The molecule has 28 heavy (non-hydrogen) atoms. The zero-order valence-corrected chi connectivity index (χ0v) is 19.8. The van der Waals surface area contributed by atoms with Crippen LogP contribution in [0.3, 0.4) is 0 Å². The highest BCUT2D eigenvalue weighted by Crippen LogP contribution is 2.21. The summed E-state index contributed by atoms with van der Waals surface area (Å²) in [4.78, 5) is 11.3. The second kappa shape index (κ2) is 12.4. The van der Waals surface area contributed by atoms with Gasteiger partial charge in [-0.1, -0.05) is 18.2 Å². The van der Waals surface area contributed by atoms with E-state index in [0.717, 1.165) is 35.3 Å². The van der Waals surface area contributed by atoms with Gasteiger partial charge in [0.05, 0.1) is 25.4 Å². The number of nitrogens with one attached hydrogen (secondary N) is 2. The molecule has 0 bridgehead atoms. The number of guanidine groups is 1. The van der Waals surface area contributed by atoms with Crippen LogP contribution in [0.25, 0.3) is 0 Å². The van der Waals surface area contributed by atoms with E-state index in [9.17, 15) is 0 Å². The maximum absolute atomic E-state index is 5.75. The molecule has 0 amide bonds. The molecule has 154 valence electrons. The molecule has 0 atom stereocenters. The van der Waals surface area contributed by atoms with Gasteiger partial charge in [0.1, 0.15) is 11.6 Å². The van der Waals surface area contributed by atoms with Crippen LogP contribution in [0.5, 0.6) is 5.75 Å². The van der Waals surface area contributed by atoms with E-state index in [2.05, 4.69) is 47.7 Å². The number of anilines is 1. The number of aryl methyl sites for hydroxylation is 1. The fourth-order valence-electron chi connectivity index (χ4n) is 2.58. The van der Waals surface area contributed by atoms with E-state index in [4.69, 9.17) is 9.73 Å². The Morgan fingerprint density at radius 3 is 2.61 bits per heavy atom. The Hall–Kier alpha value is -2.03. The number of aliphatic imine (C=N–C) groups is 1. The Balaban J connectivity index is 0.00000392. The summed E-state index contributed by atoms with van der Waals surface area (Å²) in [5.74, 6) is 2.60. The Morgan fingerprint density at radius 2 is 1.93 bits per heavy atom. The van der Waals surface area contributed by atoms with Gasteiger partial charge in [-0.3, -0.25) is 0 Å². The average molecular weight is 497 g/mol. The van der Waals surface area contributed by atoms with Crippen molar-refractivity contribution in [3.8, 4) is 5.75 Å². The molecule has 2 N–H and O–H groups in total. The fraction of sp³-hybridized carbons (Fsp3) is 0.429. The highest BCUT2D eigenvalue weighted by atomic mass is 127. The summed E-state index contributed by atoms with van der Waals surface area (Å²) in [6.45, 7) is 8.72. The average Bonchev–Trinajstić information content (AvgIpc) is 2.65. The molecule has 0 saturated heterocycles. The van der Waals surface area contributed by atoms with Crippen molar-refractivity contribution < 1.29 is 4.74 Å². The highest BCUT2D eigenvalue weighted by molar-refractivity contribution is 14.0. The molecule has 6 nitrogen and oxygen atoms in total. The molecule has 0 radical (unpaired) electrons. The maximum atomic E-state index is 5.75. The Bertz CT molecular complexity index is 764. The zero-order chi connectivity index (χ0) is 19.6. The van der Waals surface area contributed by atoms with Gasteiger partial charge in [0.2, 0.25) is 0 Å². The largest absolute Gasteiger partial charge is 0.494 e. The summed E-state index contributed by atoms with van der Waals surface area (Å²) in [6, 6.07) is 12.3. The minimum absolute atomic E-state index is 0. The first kappa shape index (κ1) is 24.0. The number of aromatic nitrogens is 1. The normalized spacial score (nSPS) is 10.8. The minimum Gasteiger partial charge on any atom is -0.494 e. The van der Waals surface area contributed by atoms with Gasteiger partial charge in [-0.25, -0.2) is 9.98 Å². The molecule has 7 heteroatoms. The quantitative estimate of drug-likeness (QED) is 0.331. The van der Waals surface area contributed by atoms with E-state index in [1.54, 1.807) is 0 Å². The van der Waals surface area contributed by atoms with E-state index in [1.807, 2.05) is 44.1 Å². The van der Waals surface area contributed by atoms with E-state index in [-0.39, 0.29) is 24.0 Å². The molecule has 0 unspecified atom stereocenters. The van der Waals surface area contributed by atoms with Crippen molar-refractivity contribution in [2.45, 2.75) is 33.9 Å². The van der Waals surface area contributed by atoms with Crippen LogP contribution in [-0.2, 0) is 13.1 Å². The molecule has 0 saturated carbocycles. The monoisotopic (exact) mass is 497 g/mol. The van der Waals surface area contributed by atoms with Crippen LogP contribution in [0.15, 0.2) is 41.4 Å². The highest BCUT2D eigenvalue weighted by Gasteiger charge is 2.05. The maximum Gasteiger partial charge on any atom is 0.191 e. The van der Waals surface area contributed by atoms with Crippen molar-refractivity contribution in [1.82, 2.24) is 15.6 Å². The summed E-state index contributed by atoms with van der Waals surface area (Å²) in [5.41, 5.74) is 3.23. The Morgan fingerprint density at radius 1 is 1.14 bits per heavy atom. The molecule has 0 aliphatic carbocycles. The third-order valence-corrected chi connectivity index (χ3v) is 3.96. The van der Waals surface area contributed by atoms with Crippen LogP contribution in [-0.4, -0.2) is 38.2 Å². The minimum atomic E-state index is 0. The second-order valence-electron chi connectivity index (χ2n) is 6.47. The SMILES string of the molecule is CCNC(=NCc1ccc(C)cc1OCC)NCc1cccc(N(C)C)n1.I. The zero-order valence-electron chi connectivity index (χ0n) is 17.5. The van der Waals surface area contributed by atoms with Crippen molar-refractivity contribution in [2.24, 2.45) is 4.99 Å². The van der Waals surface area contributed by atoms with Crippen LogP contribution < -0.4 is 20.3 Å². The van der Waals surface area contributed by atoms with Gasteiger partial charge in [-0.2, -0.15) is 0 Å². The van der Waals surface area contributed by atoms with Crippen LogP contribution in [0.1, 0.15) is 30.7 Å². The van der Waals surface area contributed by atoms with Gasteiger partial charge in [-0.05, 0) is 44.5 Å². The molecule has 1 aromatic heterocycles. The molecule has 1 aromatic carbocycles.